The molecule has 1 aliphatic rings. The first-order valence-electron chi connectivity index (χ1n) is 6.25. The van der Waals surface area contributed by atoms with Crippen molar-refractivity contribution in [2.24, 2.45) is 7.05 Å². The van der Waals surface area contributed by atoms with Crippen LogP contribution in [-0.4, -0.2) is 22.2 Å². The number of aromatic nitrogens is 2. The van der Waals surface area contributed by atoms with E-state index in [1.165, 1.54) is 16.0 Å². The summed E-state index contributed by atoms with van der Waals surface area (Å²) in [4.78, 5) is 13.3. The summed E-state index contributed by atoms with van der Waals surface area (Å²) in [6.07, 6.45) is 2.40. The predicted octanol–water partition coefficient (Wildman–Crippen LogP) is 1.25. The van der Waals surface area contributed by atoms with E-state index in [9.17, 15) is 10.1 Å². The average Bonchev–Trinajstić information content (AvgIpc) is 3.01. The van der Waals surface area contributed by atoms with Crippen molar-refractivity contribution in [2.45, 2.75) is 13.0 Å². The van der Waals surface area contributed by atoms with E-state index in [1.807, 2.05) is 0 Å². The Morgan fingerprint density at radius 1 is 1.65 bits per heavy atom. The quantitative estimate of drug-likeness (QED) is 0.871. The number of anilines is 1. The van der Waals surface area contributed by atoms with Gasteiger partial charge in [-0.3, -0.25) is 9.48 Å². The highest BCUT2D eigenvalue weighted by molar-refractivity contribution is 7.16. The van der Waals surface area contributed by atoms with Gasteiger partial charge in [-0.2, -0.15) is 10.4 Å². The van der Waals surface area contributed by atoms with E-state index in [-0.39, 0.29) is 5.91 Å². The maximum absolute atomic E-state index is 12.2. The summed E-state index contributed by atoms with van der Waals surface area (Å²) >= 11 is 1.47. The standard InChI is InChI=1S/C13H13N5OS/c1-18-10(3-5-16-18)12(19)17-13-9(6-14)8-2-4-15-7-11(8)20-13/h3,5,15H,2,4,7H2,1H3,(H,17,19). The first-order chi connectivity index (χ1) is 9.70. The topological polar surface area (TPSA) is 82.7 Å². The number of amides is 1. The fraction of sp³-hybridized carbons (Fsp3) is 0.308. The van der Waals surface area contributed by atoms with Gasteiger partial charge < -0.3 is 10.6 Å². The van der Waals surface area contributed by atoms with E-state index in [1.54, 1.807) is 19.3 Å². The van der Waals surface area contributed by atoms with Gasteiger partial charge in [-0.15, -0.1) is 11.3 Å². The first-order valence-corrected chi connectivity index (χ1v) is 7.07. The van der Waals surface area contributed by atoms with Crippen molar-refractivity contribution in [3.63, 3.8) is 0 Å². The van der Waals surface area contributed by atoms with Gasteiger partial charge in [0.1, 0.15) is 16.8 Å². The number of carbonyl (C=O) groups is 1. The lowest BCUT2D eigenvalue weighted by atomic mass is 10.1. The van der Waals surface area contributed by atoms with E-state index >= 15 is 0 Å². The van der Waals surface area contributed by atoms with Crippen LogP contribution in [0.25, 0.3) is 0 Å². The maximum atomic E-state index is 12.2. The summed E-state index contributed by atoms with van der Waals surface area (Å²) in [7, 11) is 1.71. The Labute approximate surface area is 120 Å². The van der Waals surface area contributed by atoms with Crippen LogP contribution in [-0.2, 0) is 20.0 Å². The van der Waals surface area contributed by atoms with Crippen LogP contribution in [0.1, 0.15) is 26.5 Å². The molecule has 0 aliphatic carbocycles. The Morgan fingerprint density at radius 3 is 3.20 bits per heavy atom. The zero-order chi connectivity index (χ0) is 14.1. The molecular weight excluding hydrogens is 274 g/mol. The molecule has 0 atom stereocenters. The second-order valence-electron chi connectivity index (χ2n) is 4.54. The molecule has 0 fully saturated rings. The van der Waals surface area contributed by atoms with Gasteiger partial charge in [0.25, 0.3) is 5.91 Å². The summed E-state index contributed by atoms with van der Waals surface area (Å²) in [5.74, 6) is -0.243. The molecule has 0 saturated heterocycles. The van der Waals surface area contributed by atoms with E-state index < -0.39 is 0 Å². The highest BCUT2D eigenvalue weighted by Gasteiger charge is 2.22. The van der Waals surface area contributed by atoms with Crippen LogP contribution < -0.4 is 10.6 Å². The van der Waals surface area contributed by atoms with E-state index in [0.717, 1.165) is 30.0 Å². The molecule has 7 heteroatoms. The van der Waals surface area contributed by atoms with Crippen molar-refractivity contribution in [1.82, 2.24) is 15.1 Å². The number of thiophene rings is 1. The normalized spacial score (nSPS) is 13.6. The molecule has 1 amide bonds. The lowest BCUT2D eigenvalue weighted by Gasteiger charge is -2.11. The van der Waals surface area contributed by atoms with E-state index in [4.69, 9.17) is 0 Å². The number of carbonyl (C=O) groups excluding carboxylic acids is 1. The Hall–Kier alpha value is -2.17. The molecule has 2 aromatic heterocycles. The lowest BCUT2D eigenvalue weighted by molar-refractivity contribution is 0.101. The van der Waals surface area contributed by atoms with Gasteiger partial charge in [-0.1, -0.05) is 0 Å². The molecule has 1 aliphatic heterocycles. The van der Waals surface area contributed by atoms with Crippen molar-refractivity contribution in [3.05, 3.63) is 34.0 Å². The van der Waals surface area contributed by atoms with E-state index in [0.29, 0.717) is 16.3 Å². The molecule has 0 aromatic carbocycles. The summed E-state index contributed by atoms with van der Waals surface area (Å²) in [6, 6.07) is 3.86. The molecule has 6 nitrogen and oxygen atoms in total. The average molecular weight is 287 g/mol. The van der Waals surface area contributed by atoms with Crippen molar-refractivity contribution >= 4 is 22.2 Å². The zero-order valence-electron chi connectivity index (χ0n) is 10.9. The van der Waals surface area contributed by atoms with Gasteiger partial charge in [-0.25, -0.2) is 0 Å². The van der Waals surface area contributed by atoms with Gasteiger partial charge in [0.15, 0.2) is 0 Å². The number of fused-ring (bicyclic) bond motifs is 1. The number of hydrogen-bond donors (Lipinski definition) is 2. The second kappa shape index (κ2) is 5.07. The molecule has 0 saturated carbocycles. The summed E-state index contributed by atoms with van der Waals surface area (Å²) < 4.78 is 1.51. The number of nitrogens with one attached hydrogen (secondary N) is 2. The van der Waals surface area contributed by atoms with Crippen LogP contribution in [0.5, 0.6) is 0 Å². The minimum Gasteiger partial charge on any atom is -0.312 e. The molecule has 0 radical (unpaired) electrons. The largest absolute Gasteiger partial charge is 0.312 e. The van der Waals surface area contributed by atoms with Gasteiger partial charge in [0.2, 0.25) is 0 Å². The van der Waals surface area contributed by atoms with Gasteiger partial charge in [0.05, 0.1) is 5.56 Å². The third-order valence-electron chi connectivity index (χ3n) is 3.32. The van der Waals surface area contributed by atoms with Gasteiger partial charge in [0, 0.05) is 24.7 Å². The number of aryl methyl sites for hydroxylation is 1. The third-order valence-corrected chi connectivity index (χ3v) is 4.47. The van der Waals surface area contributed by atoms with Crippen LogP contribution in [0.2, 0.25) is 0 Å². The molecule has 3 rings (SSSR count). The molecule has 0 bridgehead atoms. The minimum atomic E-state index is -0.243. The fourth-order valence-corrected chi connectivity index (χ4v) is 3.47. The second-order valence-corrected chi connectivity index (χ2v) is 5.65. The minimum absolute atomic E-state index is 0.243. The number of nitriles is 1. The molecule has 2 N–H and O–H groups in total. The highest BCUT2D eigenvalue weighted by Crippen LogP contribution is 2.34. The fourth-order valence-electron chi connectivity index (χ4n) is 2.30. The number of hydrogen-bond acceptors (Lipinski definition) is 5. The van der Waals surface area contributed by atoms with Gasteiger partial charge in [-0.05, 0) is 24.6 Å². The van der Waals surface area contributed by atoms with Crippen molar-refractivity contribution in [3.8, 4) is 6.07 Å². The van der Waals surface area contributed by atoms with Crippen molar-refractivity contribution in [1.29, 1.82) is 5.26 Å². The monoisotopic (exact) mass is 287 g/mol. The van der Waals surface area contributed by atoms with Gasteiger partial charge >= 0.3 is 0 Å². The molecular formula is C13H13N5OS. The van der Waals surface area contributed by atoms with Crippen LogP contribution in [0.15, 0.2) is 12.3 Å². The third kappa shape index (κ3) is 2.09. The molecule has 3 heterocycles. The molecule has 102 valence electrons. The van der Waals surface area contributed by atoms with Crippen LogP contribution >= 0.6 is 11.3 Å². The summed E-state index contributed by atoms with van der Waals surface area (Å²) in [5.41, 5.74) is 2.14. The Morgan fingerprint density at radius 2 is 2.50 bits per heavy atom. The summed E-state index contributed by atoms with van der Waals surface area (Å²) in [5, 5.41) is 20.0. The molecule has 0 unspecified atom stereocenters. The van der Waals surface area contributed by atoms with E-state index in [2.05, 4.69) is 21.8 Å². The lowest BCUT2D eigenvalue weighted by Crippen LogP contribution is -2.22. The van der Waals surface area contributed by atoms with Crippen molar-refractivity contribution < 1.29 is 4.79 Å². The molecule has 2 aromatic rings. The number of rotatable bonds is 2. The molecule has 20 heavy (non-hydrogen) atoms. The molecule has 0 spiro atoms. The first kappa shape index (κ1) is 12.8. The Bertz CT molecular complexity index is 709. The van der Waals surface area contributed by atoms with Crippen LogP contribution in [0, 0.1) is 11.3 Å². The number of nitrogens with zero attached hydrogens (tertiary/aromatic N) is 3. The Balaban J connectivity index is 1.92. The Kier molecular flexibility index (Phi) is 3.26. The maximum Gasteiger partial charge on any atom is 0.274 e. The van der Waals surface area contributed by atoms with Crippen LogP contribution in [0.3, 0.4) is 0 Å². The zero-order valence-corrected chi connectivity index (χ0v) is 11.8. The van der Waals surface area contributed by atoms with Crippen molar-refractivity contribution in [2.75, 3.05) is 11.9 Å². The van der Waals surface area contributed by atoms with Crippen LogP contribution in [0.4, 0.5) is 5.00 Å². The highest BCUT2D eigenvalue weighted by atomic mass is 32.1. The predicted molar refractivity (Wildman–Crippen MR) is 75.6 cm³/mol. The SMILES string of the molecule is Cn1nccc1C(=O)Nc1sc2c(c1C#N)CCNC2. The summed E-state index contributed by atoms with van der Waals surface area (Å²) in [6.45, 7) is 1.63. The smallest absolute Gasteiger partial charge is 0.274 e.